The van der Waals surface area contributed by atoms with Crippen molar-refractivity contribution in [1.82, 2.24) is 0 Å². The molecule has 0 aromatic heterocycles. The number of hydrogen-bond donors (Lipinski definition) is 1. The van der Waals surface area contributed by atoms with E-state index in [0.29, 0.717) is 16.9 Å². The molecule has 18 heteroatoms. The van der Waals surface area contributed by atoms with Crippen molar-refractivity contribution in [2.24, 2.45) is 35.8 Å². The second-order valence-corrected chi connectivity index (χ2v) is 17.6. The standard InChI is InChI=1S/C41H34N8O8S2/c1-23-18-34(35(57-3)22-33(23)44-42-28-11-10-25-8-6-7-9-26(25)19-28)45-46-38-36(59(5,55)56)21-27-20-29(12-17-32(27)40(38)51)43-47-39-37(24(2)50)48-49(41(39)52)30-13-15-31(16-14-30)58(4,53)54/h6-22,39,51H,1-5H3. The van der Waals surface area contributed by atoms with Crippen LogP contribution in [-0.2, 0) is 29.3 Å². The molecule has 1 aliphatic heterocycles. The number of carbonyl (C=O) groups excluding carboxylic acids is 2. The molecule has 1 N–H and O–H groups in total. The number of phenolic OH excluding ortho intramolecular Hbond substituents is 1. The van der Waals surface area contributed by atoms with Crippen LogP contribution in [0.25, 0.3) is 21.5 Å². The van der Waals surface area contributed by atoms with Crippen LogP contribution in [0.5, 0.6) is 11.5 Å². The van der Waals surface area contributed by atoms with E-state index in [9.17, 15) is 31.5 Å². The van der Waals surface area contributed by atoms with Gasteiger partial charge in [-0.15, -0.1) is 10.2 Å². The van der Waals surface area contributed by atoms with Crippen molar-refractivity contribution in [1.29, 1.82) is 0 Å². The molecular formula is C41H34N8O8S2. The number of ketones is 1. The molecule has 7 rings (SSSR count). The number of fused-ring (bicyclic) bond motifs is 2. The number of aryl methyl sites for hydroxylation is 1. The topological polar surface area (TPSA) is 222 Å². The number of azo groups is 3. The molecule has 0 bridgehead atoms. The lowest BCUT2D eigenvalue weighted by Gasteiger charge is -2.12. The number of phenols is 1. The predicted molar refractivity (Wildman–Crippen MR) is 222 cm³/mol. The van der Waals surface area contributed by atoms with Gasteiger partial charge in [0.05, 0.1) is 39.7 Å². The van der Waals surface area contributed by atoms with Crippen molar-refractivity contribution < 1.29 is 36.3 Å². The summed E-state index contributed by atoms with van der Waals surface area (Å²) in [4.78, 5) is 25.6. The summed E-state index contributed by atoms with van der Waals surface area (Å²) in [5.74, 6) is -1.44. The van der Waals surface area contributed by atoms with E-state index in [1.54, 1.807) is 19.1 Å². The minimum atomic E-state index is -4.00. The van der Waals surface area contributed by atoms with Gasteiger partial charge in [0, 0.05) is 30.9 Å². The highest BCUT2D eigenvalue weighted by Crippen LogP contribution is 2.44. The number of nitrogens with zero attached hydrogens (tertiary/aromatic N) is 8. The number of sulfone groups is 2. The smallest absolute Gasteiger partial charge is 0.280 e. The third-order valence-electron chi connectivity index (χ3n) is 9.26. The highest BCUT2D eigenvalue weighted by atomic mass is 32.2. The molecule has 6 aromatic carbocycles. The SMILES string of the molecule is COc1cc(N=Nc2ccc3ccccc3c2)c(C)cc1N=Nc1c(S(C)(=O)=O)cc2cc(N=NC3C(=O)N(c4ccc(S(C)(=O)=O)cc4)N=C3C(C)=O)ccc2c1O. The molecule has 6 aromatic rings. The van der Waals surface area contributed by atoms with Gasteiger partial charge in [-0.3, -0.25) is 9.59 Å². The summed E-state index contributed by atoms with van der Waals surface area (Å²) in [5.41, 5.74) is 1.96. The second kappa shape index (κ2) is 15.7. The van der Waals surface area contributed by atoms with Crippen LogP contribution < -0.4 is 9.75 Å². The number of benzene rings is 6. The summed E-state index contributed by atoms with van der Waals surface area (Å²) in [6.07, 6.45) is 2.01. The van der Waals surface area contributed by atoms with E-state index in [-0.39, 0.29) is 54.8 Å². The van der Waals surface area contributed by atoms with E-state index < -0.39 is 43.2 Å². The van der Waals surface area contributed by atoms with E-state index >= 15 is 0 Å². The van der Waals surface area contributed by atoms with E-state index in [2.05, 4.69) is 35.8 Å². The van der Waals surface area contributed by atoms with Gasteiger partial charge in [-0.05, 0) is 95.4 Å². The van der Waals surface area contributed by atoms with Gasteiger partial charge >= 0.3 is 0 Å². The first-order valence-electron chi connectivity index (χ1n) is 17.7. The predicted octanol–water partition coefficient (Wildman–Crippen LogP) is 9.10. The van der Waals surface area contributed by atoms with Crippen LogP contribution in [0, 0.1) is 6.92 Å². The quantitative estimate of drug-likeness (QED) is 0.124. The Kier molecular flexibility index (Phi) is 10.7. The average molecular weight is 831 g/mol. The summed E-state index contributed by atoms with van der Waals surface area (Å²) in [6, 6.07) is 26.6. The molecule has 1 heterocycles. The number of Topliss-reactive ketones (excluding diaryl/α,β-unsaturated/α-hetero) is 1. The van der Waals surface area contributed by atoms with Crippen LogP contribution in [0.2, 0.25) is 0 Å². The molecular weight excluding hydrogens is 797 g/mol. The molecule has 1 amide bonds. The molecule has 0 spiro atoms. The van der Waals surface area contributed by atoms with Crippen LogP contribution >= 0.6 is 0 Å². The Balaban J connectivity index is 1.17. The Morgan fingerprint density at radius 1 is 0.746 bits per heavy atom. The highest BCUT2D eigenvalue weighted by Gasteiger charge is 2.39. The Bertz CT molecular complexity index is 3070. The van der Waals surface area contributed by atoms with Gasteiger partial charge in [0.25, 0.3) is 5.91 Å². The van der Waals surface area contributed by atoms with E-state index in [0.717, 1.165) is 28.3 Å². The van der Waals surface area contributed by atoms with Crippen LogP contribution in [0.1, 0.15) is 12.5 Å². The van der Waals surface area contributed by atoms with Crippen LogP contribution in [0.4, 0.5) is 34.1 Å². The van der Waals surface area contributed by atoms with E-state index in [4.69, 9.17) is 4.74 Å². The highest BCUT2D eigenvalue weighted by molar-refractivity contribution is 7.91. The van der Waals surface area contributed by atoms with Crippen LogP contribution in [0.3, 0.4) is 0 Å². The molecule has 1 atom stereocenters. The normalized spacial score (nSPS) is 15.0. The lowest BCUT2D eigenvalue weighted by Crippen LogP contribution is -2.32. The third-order valence-corrected chi connectivity index (χ3v) is 11.5. The Labute approximate surface area is 338 Å². The zero-order valence-electron chi connectivity index (χ0n) is 32.1. The summed E-state index contributed by atoms with van der Waals surface area (Å²) in [7, 11) is -6.05. The van der Waals surface area contributed by atoms with Crippen LogP contribution in [-0.4, -0.2) is 65.0 Å². The Morgan fingerprint density at radius 3 is 2.08 bits per heavy atom. The monoisotopic (exact) mass is 830 g/mol. The molecule has 0 radical (unpaired) electrons. The van der Waals surface area contributed by atoms with Gasteiger partial charge in [-0.2, -0.15) is 30.6 Å². The maximum absolute atomic E-state index is 13.4. The second-order valence-electron chi connectivity index (χ2n) is 13.6. The summed E-state index contributed by atoms with van der Waals surface area (Å²) >= 11 is 0. The third kappa shape index (κ3) is 8.35. The molecule has 298 valence electrons. The van der Waals surface area contributed by atoms with E-state index in [1.165, 1.54) is 62.6 Å². The molecule has 0 aliphatic carbocycles. The fourth-order valence-electron chi connectivity index (χ4n) is 6.20. The van der Waals surface area contributed by atoms with E-state index in [1.807, 2.05) is 42.5 Å². The first-order chi connectivity index (χ1) is 28.0. The average Bonchev–Trinajstić information content (AvgIpc) is 3.54. The van der Waals surface area contributed by atoms with Crippen molar-refractivity contribution in [3.8, 4) is 11.5 Å². The van der Waals surface area contributed by atoms with Crippen molar-refractivity contribution >= 4 is 92.7 Å². The van der Waals surface area contributed by atoms with Crippen molar-refractivity contribution in [2.75, 3.05) is 24.6 Å². The molecule has 0 saturated carbocycles. The van der Waals surface area contributed by atoms with Gasteiger partial charge in [0.1, 0.15) is 22.8 Å². The van der Waals surface area contributed by atoms with Gasteiger partial charge in [0.2, 0.25) is 0 Å². The van der Waals surface area contributed by atoms with Crippen molar-refractivity contribution in [3.05, 3.63) is 109 Å². The van der Waals surface area contributed by atoms with Gasteiger partial charge in [-0.25, -0.2) is 16.8 Å². The molecule has 1 aliphatic rings. The number of hydrogen-bond acceptors (Lipinski definition) is 15. The first-order valence-corrected chi connectivity index (χ1v) is 21.4. The molecule has 0 saturated heterocycles. The summed E-state index contributed by atoms with van der Waals surface area (Å²) in [5, 5.41) is 44.6. The number of methoxy groups -OCH3 is 1. The molecule has 59 heavy (non-hydrogen) atoms. The molecule has 1 unspecified atom stereocenters. The fraction of sp³-hybridized carbons (Fsp3) is 0.146. The lowest BCUT2D eigenvalue weighted by molar-refractivity contribution is -0.118. The lowest BCUT2D eigenvalue weighted by atomic mass is 10.1. The minimum absolute atomic E-state index is 0.0366. The number of hydrazone groups is 1. The minimum Gasteiger partial charge on any atom is -0.505 e. The Morgan fingerprint density at radius 2 is 1.41 bits per heavy atom. The summed E-state index contributed by atoms with van der Waals surface area (Å²) in [6.45, 7) is 3.02. The first kappa shape index (κ1) is 40.2. The van der Waals surface area contributed by atoms with Gasteiger partial charge < -0.3 is 9.84 Å². The fourth-order valence-corrected chi connectivity index (χ4v) is 7.66. The number of rotatable bonds is 11. The summed E-state index contributed by atoms with van der Waals surface area (Å²) < 4.78 is 55.4. The maximum Gasteiger partial charge on any atom is 0.280 e. The number of carbonyl (C=O) groups is 2. The van der Waals surface area contributed by atoms with Gasteiger partial charge in [-0.1, -0.05) is 30.3 Å². The number of ether oxygens (including phenoxy) is 1. The van der Waals surface area contributed by atoms with Gasteiger partial charge in [0.15, 0.2) is 37.2 Å². The molecule has 0 fully saturated rings. The van der Waals surface area contributed by atoms with Crippen molar-refractivity contribution in [2.45, 2.75) is 29.7 Å². The van der Waals surface area contributed by atoms with Crippen LogP contribution in [0.15, 0.2) is 149 Å². The molecule has 16 nitrogen and oxygen atoms in total. The number of amides is 1. The van der Waals surface area contributed by atoms with Crippen molar-refractivity contribution in [3.63, 3.8) is 0 Å². The zero-order chi connectivity index (χ0) is 42.2. The Hall–Kier alpha value is -7.05. The number of aromatic hydroxyl groups is 1. The number of anilines is 1. The maximum atomic E-state index is 13.4. The zero-order valence-corrected chi connectivity index (χ0v) is 33.7. The largest absolute Gasteiger partial charge is 0.505 e.